The molecule has 0 aliphatic heterocycles. The molecule has 2 N–H and O–H groups in total. The number of rotatable bonds is 5. The van der Waals surface area contributed by atoms with E-state index in [4.69, 9.17) is 11.6 Å². The predicted octanol–water partition coefficient (Wildman–Crippen LogP) is 4.50. The molecule has 0 saturated heterocycles. The minimum absolute atomic E-state index is 0.473. The first-order chi connectivity index (χ1) is 11.6. The van der Waals surface area contributed by atoms with Gasteiger partial charge in [0.15, 0.2) is 5.82 Å². The van der Waals surface area contributed by atoms with Crippen LogP contribution < -0.4 is 10.6 Å². The third kappa shape index (κ3) is 4.20. The van der Waals surface area contributed by atoms with Crippen molar-refractivity contribution in [3.8, 4) is 0 Å². The Morgan fingerprint density at radius 3 is 2.79 bits per heavy atom. The van der Waals surface area contributed by atoms with Crippen LogP contribution in [0.15, 0.2) is 48.7 Å². The molecule has 3 rings (SSSR count). The number of nitrogens with zero attached hydrogens (tertiary/aromatic N) is 3. The summed E-state index contributed by atoms with van der Waals surface area (Å²) in [6.45, 7) is 4.71. The van der Waals surface area contributed by atoms with Crippen molar-refractivity contribution in [1.82, 2.24) is 15.2 Å². The zero-order valence-electron chi connectivity index (χ0n) is 13.5. The van der Waals surface area contributed by atoms with Gasteiger partial charge in [0.2, 0.25) is 5.95 Å². The molecule has 0 unspecified atom stereocenters. The van der Waals surface area contributed by atoms with Gasteiger partial charge in [-0.15, -0.1) is 5.10 Å². The number of anilines is 3. The van der Waals surface area contributed by atoms with Gasteiger partial charge >= 0.3 is 0 Å². The summed E-state index contributed by atoms with van der Waals surface area (Å²) in [6.07, 6.45) is 1.58. The topological polar surface area (TPSA) is 62.7 Å². The monoisotopic (exact) mass is 339 g/mol. The largest absolute Gasteiger partial charge is 0.349 e. The maximum Gasteiger partial charge on any atom is 0.244 e. The van der Waals surface area contributed by atoms with E-state index in [-0.39, 0.29) is 0 Å². The van der Waals surface area contributed by atoms with Gasteiger partial charge in [-0.3, -0.25) is 0 Å². The van der Waals surface area contributed by atoms with Crippen molar-refractivity contribution in [2.75, 3.05) is 10.6 Å². The molecular formula is C18H18ClN5. The molecule has 3 aromatic rings. The highest BCUT2D eigenvalue weighted by Crippen LogP contribution is 2.23. The second-order valence-corrected chi connectivity index (χ2v) is 6.03. The normalized spacial score (nSPS) is 10.5. The Bertz CT molecular complexity index is 850. The number of nitrogens with one attached hydrogen (secondary N) is 2. The average Bonchev–Trinajstić information content (AvgIpc) is 2.57. The molecule has 0 atom stereocenters. The lowest BCUT2D eigenvalue weighted by molar-refractivity contribution is 0.948. The number of hydrogen-bond acceptors (Lipinski definition) is 5. The van der Waals surface area contributed by atoms with Crippen LogP contribution in [0.1, 0.15) is 16.7 Å². The minimum atomic E-state index is 0.473. The van der Waals surface area contributed by atoms with E-state index >= 15 is 0 Å². The van der Waals surface area contributed by atoms with Gasteiger partial charge in [0.25, 0.3) is 0 Å². The molecule has 1 heterocycles. The molecule has 6 heteroatoms. The fourth-order valence-corrected chi connectivity index (χ4v) is 2.48. The summed E-state index contributed by atoms with van der Waals surface area (Å²) < 4.78 is 0. The van der Waals surface area contributed by atoms with Crippen LogP contribution in [0.3, 0.4) is 0 Å². The summed E-state index contributed by atoms with van der Waals surface area (Å²) in [6, 6.07) is 14.0. The van der Waals surface area contributed by atoms with Crippen molar-refractivity contribution in [1.29, 1.82) is 0 Å². The number of halogens is 1. The number of aromatic nitrogens is 3. The average molecular weight is 340 g/mol. The van der Waals surface area contributed by atoms with Gasteiger partial charge in [-0.1, -0.05) is 47.5 Å². The van der Waals surface area contributed by atoms with Crippen LogP contribution in [0.5, 0.6) is 0 Å². The maximum absolute atomic E-state index is 6.04. The van der Waals surface area contributed by atoms with Crippen molar-refractivity contribution in [2.45, 2.75) is 20.4 Å². The highest BCUT2D eigenvalue weighted by Gasteiger charge is 2.04. The van der Waals surface area contributed by atoms with E-state index in [2.05, 4.69) is 50.9 Å². The van der Waals surface area contributed by atoms with Gasteiger partial charge in [-0.2, -0.15) is 10.1 Å². The Balaban J connectivity index is 1.71. The molecule has 0 radical (unpaired) electrons. The zero-order valence-corrected chi connectivity index (χ0v) is 14.3. The predicted molar refractivity (Wildman–Crippen MR) is 97.8 cm³/mol. The summed E-state index contributed by atoms with van der Waals surface area (Å²) in [4.78, 5) is 4.44. The molecule has 2 aromatic carbocycles. The quantitative estimate of drug-likeness (QED) is 0.716. The standard InChI is InChI=1S/C18H18ClN5/c1-12-4-3-5-14(8-12)10-20-18-23-17(11-21-24-18)22-16-9-15(19)7-6-13(16)2/h3-9,11H,10H2,1-2H3,(H2,20,22,23,24). The van der Waals surface area contributed by atoms with Gasteiger partial charge in [0.1, 0.15) is 0 Å². The SMILES string of the molecule is Cc1cccc(CNc2nncc(Nc3cc(Cl)ccc3C)n2)c1. The van der Waals surface area contributed by atoms with Crippen LogP contribution in [0, 0.1) is 13.8 Å². The smallest absolute Gasteiger partial charge is 0.244 e. The van der Waals surface area contributed by atoms with Crippen molar-refractivity contribution in [2.24, 2.45) is 0 Å². The second-order valence-electron chi connectivity index (χ2n) is 5.59. The molecule has 0 saturated carbocycles. The van der Waals surface area contributed by atoms with Gasteiger partial charge in [0, 0.05) is 17.3 Å². The summed E-state index contributed by atoms with van der Waals surface area (Å²) in [5, 5.41) is 15.1. The molecule has 0 aliphatic carbocycles. The van der Waals surface area contributed by atoms with Crippen LogP contribution in [-0.4, -0.2) is 15.2 Å². The van der Waals surface area contributed by atoms with Crippen LogP contribution >= 0.6 is 11.6 Å². The van der Waals surface area contributed by atoms with E-state index in [0.29, 0.717) is 23.3 Å². The van der Waals surface area contributed by atoms with Gasteiger partial charge in [0.05, 0.1) is 6.20 Å². The van der Waals surface area contributed by atoms with Crippen LogP contribution in [0.2, 0.25) is 5.02 Å². The van der Waals surface area contributed by atoms with E-state index in [1.807, 2.05) is 31.2 Å². The fraction of sp³-hybridized carbons (Fsp3) is 0.167. The maximum atomic E-state index is 6.04. The van der Waals surface area contributed by atoms with Crippen molar-refractivity contribution in [3.63, 3.8) is 0 Å². The number of aryl methyl sites for hydroxylation is 2. The third-order valence-electron chi connectivity index (χ3n) is 3.55. The first-order valence-corrected chi connectivity index (χ1v) is 8.00. The van der Waals surface area contributed by atoms with E-state index < -0.39 is 0 Å². The van der Waals surface area contributed by atoms with Crippen molar-refractivity contribution >= 4 is 29.1 Å². The summed E-state index contributed by atoms with van der Waals surface area (Å²) in [5.41, 5.74) is 4.36. The Kier molecular flexibility index (Phi) is 4.91. The van der Waals surface area contributed by atoms with E-state index in [1.54, 1.807) is 6.20 Å². The van der Waals surface area contributed by atoms with Gasteiger partial charge in [-0.05, 0) is 37.1 Å². The first kappa shape index (κ1) is 16.2. The summed E-state index contributed by atoms with van der Waals surface area (Å²) in [7, 11) is 0. The van der Waals surface area contributed by atoms with Crippen LogP contribution in [0.4, 0.5) is 17.5 Å². The van der Waals surface area contributed by atoms with Crippen molar-refractivity contribution < 1.29 is 0 Å². The van der Waals surface area contributed by atoms with E-state index in [9.17, 15) is 0 Å². The third-order valence-corrected chi connectivity index (χ3v) is 3.79. The van der Waals surface area contributed by atoms with E-state index in [0.717, 1.165) is 11.3 Å². The van der Waals surface area contributed by atoms with Gasteiger partial charge in [-0.25, -0.2) is 0 Å². The molecule has 122 valence electrons. The lowest BCUT2D eigenvalue weighted by Gasteiger charge is -2.10. The highest BCUT2D eigenvalue weighted by atomic mass is 35.5. The molecule has 0 amide bonds. The molecule has 24 heavy (non-hydrogen) atoms. The molecular weight excluding hydrogens is 322 g/mol. The lowest BCUT2D eigenvalue weighted by atomic mass is 10.1. The minimum Gasteiger partial charge on any atom is -0.349 e. The first-order valence-electron chi connectivity index (χ1n) is 7.62. The number of hydrogen-bond donors (Lipinski definition) is 2. The van der Waals surface area contributed by atoms with Gasteiger partial charge < -0.3 is 10.6 Å². The summed E-state index contributed by atoms with van der Waals surface area (Å²) >= 11 is 6.04. The fourth-order valence-electron chi connectivity index (χ4n) is 2.31. The highest BCUT2D eigenvalue weighted by molar-refractivity contribution is 6.30. The van der Waals surface area contributed by atoms with Crippen LogP contribution in [0.25, 0.3) is 0 Å². The van der Waals surface area contributed by atoms with Crippen LogP contribution in [-0.2, 0) is 6.54 Å². The number of benzene rings is 2. The second kappa shape index (κ2) is 7.27. The van der Waals surface area contributed by atoms with E-state index in [1.165, 1.54) is 11.1 Å². The summed E-state index contributed by atoms with van der Waals surface area (Å²) in [5.74, 6) is 1.09. The Morgan fingerprint density at radius 1 is 1.08 bits per heavy atom. The Labute approximate surface area is 146 Å². The molecule has 0 spiro atoms. The molecule has 0 fully saturated rings. The molecule has 0 aliphatic rings. The molecule has 0 bridgehead atoms. The molecule has 5 nitrogen and oxygen atoms in total. The lowest BCUT2D eigenvalue weighted by Crippen LogP contribution is -2.06. The zero-order chi connectivity index (χ0) is 16.9. The Hall–Kier alpha value is -2.66. The Morgan fingerprint density at radius 2 is 1.96 bits per heavy atom. The molecule has 1 aromatic heterocycles. The van der Waals surface area contributed by atoms with Crippen molar-refractivity contribution in [3.05, 3.63) is 70.4 Å².